The van der Waals surface area contributed by atoms with Gasteiger partial charge in [0, 0.05) is 12.2 Å². The van der Waals surface area contributed by atoms with Crippen LogP contribution in [0.2, 0.25) is 0 Å². The molecule has 5 nitrogen and oxygen atoms in total. The van der Waals surface area contributed by atoms with E-state index in [9.17, 15) is 4.79 Å². The Bertz CT molecular complexity index is 352. The number of aromatic nitrogens is 2. The van der Waals surface area contributed by atoms with E-state index < -0.39 is 5.60 Å². The number of hydrogen-bond donors (Lipinski definition) is 1. The molecular weight excluding hydrogens is 218 g/mol. The normalized spacial score (nSPS) is 11.6. The summed E-state index contributed by atoms with van der Waals surface area (Å²) in [7, 11) is 0. The summed E-state index contributed by atoms with van der Waals surface area (Å²) < 4.78 is 5.36. The summed E-state index contributed by atoms with van der Waals surface area (Å²) >= 11 is 0. The first-order valence-corrected chi connectivity index (χ1v) is 5.76. The van der Waals surface area contributed by atoms with Crippen molar-refractivity contribution in [2.24, 2.45) is 0 Å². The molecule has 1 N–H and O–H groups in total. The van der Waals surface area contributed by atoms with E-state index in [0.29, 0.717) is 6.54 Å². The smallest absolute Gasteiger partial charge is 0.410 e. The van der Waals surface area contributed by atoms with Crippen molar-refractivity contribution in [2.45, 2.75) is 52.8 Å². The third-order valence-electron chi connectivity index (χ3n) is 2.15. The van der Waals surface area contributed by atoms with Crippen LogP contribution in [0.3, 0.4) is 0 Å². The standard InChI is InChI=1S/C12H21N3O2/c1-9(2)15(7-10-6-13-8-14-10)11(16)17-12(3,4)5/h6,8-9H,7H2,1-5H3,(H,13,14). The van der Waals surface area contributed by atoms with Gasteiger partial charge in [-0.15, -0.1) is 0 Å². The average molecular weight is 239 g/mol. The number of aromatic amines is 1. The van der Waals surface area contributed by atoms with Gasteiger partial charge in [0.2, 0.25) is 0 Å². The van der Waals surface area contributed by atoms with Gasteiger partial charge in [0.05, 0.1) is 18.6 Å². The maximum absolute atomic E-state index is 12.0. The van der Waals surface area contributed by atoms with Gasteiger partial charge in [0.15, 0.2) is 0 Å². The number of H-pyrrole nitrogens is 1. The fourth-order valence-corrected chi connectivity index (χ4v) is 1.33. The molecule has 0 saturated heterocycles. The summed E-state index contributed by atoms with van der Waals surface area (Å²) in [5.74, 6) is 0. The van der Waals surface area contributed by atoms with Crippen LogP contribution in [0.4, 0.5) is 4.79 Å². The lowest BCUT2D eigenvalue weighted by Gasteiger charge is -2.29. The predicted molar refractivity (Wildman–Crippen MR) is 65.5 cm³/mol. The number of carbonyl (C=O) groups is 1. The molecule has 0 spiro atoms. The Morgan fingerprint density at radius 1 is 1.53 bits per heavy atom. The first-order valence-electron chi connectivity index (χ1n) is 5.76. The SMILES string of the molecule is CC(C)N(Cc1cnc[nH]1)C(=O)OC(C)(C)C. The van der Waals surface area contributed by atoms with Gasteiger partial charge in [0.25, 0.3) is 0 Å². The zero-order chi connectivity index (χ0) is 13.1. The molecule has 0 saturated carbocycles. The second-order valence-corrected chi connectivity index (χ2v) is 5.28. The monoisotopic (exact) mass is 239 g/mol. The number of carbonyl (C=O) groups excluding carboxylic acids is 1. The van der Waals surface area contributed by atoms with Gasteiger partial charge in [-0.3, -0.25) is 4.90 Å². The van der Waals surface area contributed by atoms with Gasteiger partial charge >= 0.3 is 6.09 Å². The van der Waals surface area contributed by atoms with Crippen LogP contribution in [-0.4, -0.2) is 32.6 Å². The second-order valence-electron chi connectivity index (χ2n) is 5.28. The molecule has 1 amide bonds. The molecule has 0 bridgehead atoms. The van der Waals surface area contributed by atoms with Crippen LogP contribution in [0.1, 0.15) is 40.3 Å². The van der Waals surface area contributed by atoms with Gasteiger partial charge in [-0.2, -0.15) is 0 Å². The summed E-state index contributed by atoms with van der Waals surface area (Å²) in [6, 6.07) is 0.0770. The van der Waals surface area contributed by atoms with Gasteiger partial charge in [-0.1, -0.05) is 0 Å². The number of imidazole rings is 1. The molecule has 1 aromatic rings. The Morgan fingerprint density at radius 2 is 2.18 bits per heavy atom. The third kappa shape index (κ3) is 4.46. The quantitative estimate of drug-likeness (QED) is 0.881. The Balaban J connectivity index is 2.69. The van der Waals surface area contributed by atoms with Crippen molar-refractivity contribution < 1.29 is 9.53 Å². The molecule has 96 valence electrons. The van der Waals surface area contributed by atoms with Crippen molar-refractivity contribution >= 4 is 6.09 Å². The maximum Gasteiger partial charge on any atom is 0.410 e. The molecule has 0 aliphatic rings. The topological polar surface area (TPSA) is 58.2 Å². The molecule has 0 unspecified atom stereocenters. The van der Waals surface area contributed by atoms with Crippen molar-refractivity contribution in [1.29, 1.82) is 0 Å². The van der Waals surface area contributed by atoms with Crippen molar-refractivity contribution in [3.63, 3.8) is 0 Å². The number of nitrogens with zero attached hydrogens (tertiary/aromatic N) is 2. The minimum Gasteiger partial charge on any atom is -0.444 e. The zero-order valence-corrected chi connectivity index (χ0v) is 11.2. The lowest BCUT2D eigenvalue weighted by molar-refractivity contribution is 0.0169. The van der Waals surface area contributed by atoms with Crippen molar-refractivity contribution in [3.8, 4) is 0 Å². The lowest BCUT2D eigenvalue weighted by atomic mass is 10.2. The minimum absolute atomic E-state index is 0.0770. The summed E-state index contributed by atoms with van der Waals surface area (Å²) in [6.07, 6.45) is 3.00. The van der Waals surface area contributed by atoms with Crippen LogP contribution in [0.15, 0.2) is 12.5 Å². The molecule has 5 heteroatoms. The van der Waals surface area contributed by atoms with E-state index >= 15 is 0 Å². The highest BCUT2D eigenvalue weighted by atomic mass is 16.6. The third-order valence-corrected chi connectivity index (χ3v) is 2.15. The Kier molecular flexibility index (Phi) is 4.15. The average Bonchev–Trinajstić information content (AvgIpc) is 2.62. The molecule has 0 aliphatic carbocycles. The van der Waals surface area contributed by atoms with Crippen LogP contribution in [-0.2, 0) is 11.3 Å². The maximum atomic E-state index is 12.0. The van der Waals surface area contributed by atoms with E-state index in [1.807, 2.05) is 34.6 Å². The van der Waals surface area contributed by atoms with Gasteiger partial charge in [-0.25, -0.2) is 9.78 Å². The molecule has 1 aromatic heterocycles. The molecule has 1 heterocycles. The van der Waals surface area contributed by atoms with E-state index in [1.54, 1.807) is 17.4 Å². The summed E-state index contributed by atoms with van der Waals surface area (Å²) in [4.78, 5) is 20.6. The zero-order valence-electron chi connectivity index (χ0n) is 11.2. The van der Waals surface area contributed by atoms with Crippen LogP contribution in [0.25, 0.3) is 0 Å². The molecule has 0 radical (unpaired) electrons. The van der Waals surface area contributed by atoms with Crippen molar-refractivity contribution in [1.82, 2.24) is 14.9 Å². The number of amides is 1. The first kappa shape index (κ1) is 13.5. The molecule has 1 rings (SSSR count). The lowest BCUT2D eigenvalue weighted by Crippen LogP contribution is -2.40. The van der Waals surface area contributed by atoms with Crippen LogP contribution in [0.5, 0.6) is 0 Å². The highest BCUT2D eigenvalue weighted by Gasteiger charge is 2.24. The number of rotatable bonds is 3. The van der Waals surface area contributed by atoms with E-state index in [1.165, 1.54) is 0 Å². The summed E-state index contributed by atoms with van der Waals surface area (Å²) in [6.45, 7) is 9.98. The van der Waals surface area contributed by atoms with Gasteiger partial charge in [-0.05, 0) is 34.6 Å². The van der Waals surface area contributed by atoms with E-state index in [2.05, 4.69) is 9.97 Å². The Morgan fingerprint density at radius 3 is 2.59 bits per heavy atom. The van der Waals surface area contributed by atoms with E-state index in [4.69, 9.17) is 4.74 Å². The van der Waals surface area contributed by atoms with Gasteiger partial charge in [0.1, 0.15) is 5.60 Å². The number of nitrogens with one attached hydrogen (secondary N) is 1. The van der Waals surface area contributed by atoms with Crippen LogP contribution < -0.4 is 0 Å². The molecule has 0 aliphatic heterocycles. The molecule has 0 aromatic carbocycles. The minimum atomic E-state index is -0.474. The van der Waals surface area contributed by atoms with E-state index in [-0.39, 0.29) is 12.1 Å². The largest absolute Gasteiger partial charge is 0.444 e. The van der Waals surface area contributed by atoms with Gasteiger partial charge < -0.3 is 9.72 Å². The highest BCUT2D eigenvalue weighted by Crippen LogP contribution is 2.13. The first-order chi connectivity index (χ1) is 7.79. The molecular formula is C12H21N3O2. The van der Waals surface area contributed by atoms with Crippen LogP contribution >= 0.6 is 0 Å². The summed E-state index contributed by atoms with van der Waals surface area (Å²) in [5.41, 5.74) is 0.419. The van der Waals surface area contributed by atoms with E-state index in [0.717, 1.165) is 5.69 Å². The highest BCUT2D eigenvalue weighted by molar-refractivity contribution is 5.68. The predicted octanol–water partition coefficient (Wildman–Crippen LogP) is 2.56. The fourth-order valence-electron chi connectivity index (χ4n) is 1.33. The Hall–Kier alpha value is -1.52. The fraction of sp³-hybridized carbons (Fsp3) is 0.667. The van der Waals surface area contributed by atoms with Crippen LogP contribution in [0, 0.1) is 0 Å². The number of hydrogen-bond acceptors (Lipinski definition) is 3. The molecule has 0 fully saturated rings. The van der Waals surface area contributed by atoms with Crippen molar-refractivity contribution in [2.75, 3.05) is 0 Å². The number of ether oxygens (including phenoxy) is 1. The summed E-state index contributed by atoms with van der Waals surface area (Å²) in [5, 5.41) is 0. The molecule has 0 atom stereocenters. The molecule has 17 heavy (non-hydrogen) atoms. The van der Waals surface area contributed by atoms with Crippen molar-refractivity contribution in [3.05, 3.63) is 18.2 Å². The Labute approximate surface area is 102 Å². The second kappa shape index (κ2) is 5.21.